The van der Waals surface area contributed by atoms with Gasteiger partial charge in [-0.1, -0.05) is 0 Å². The van der Waals surface area contributed by atoms with E-state index >= 15 is 0 Å². The van der Waals surface area contributed by atoms with Crippen molar-refractivity contribution in [3.05, 3.63) is 0 Å². The number of cyclic esters (lactones) is 2. The molecule has 236 valence electrons. The van der Waals surface area contributed by atoms with Gasteiger partial charge in [0, 0.05) is 13.1 Å². The number of carboxylic acids is 6. The van der Waals surface area contributed by atoms with Crippen molar-refractivity contribution in [2.75, 3.05) is 78.7 Å². The molecule has 24 heteroatoms. The van der Waals surface area contributed by atoms with E-state index in [2.05, 4.69) is 0 Å². The SMILES string of the molecule is N.O=C(O)CN(CCN(CC(=O)O)CC(=O)O)CC(=O)O.O=C([O-])C[N+]1(CC(=O)O)CC(=O)OCCOC(=O)C1.[NaH].[NaH].[NaH].[NaH]. The number of hydrogen-bond acceptors (Lipinski definition) is 14. The Morgan fingerprint density at radius 3 is 1.14 bits per heavy atom. The number of ether oxygens (including phenoxy) is 2. The van der Waals surface area contributed by atoms with Crippen LogP contribution < -0.4 is 11.3 Å². The van der Waals surface area contributed by atoms with Crippen LogP contribution in [0.4, 0.5) is 0 Å². The molecule has 0 amide bonds. The van der Waals surface area contributed by atoms with Gasteiger partial charge in [-0.05, 0) is 0 Å². The number of hydrogen-bond donors (Lipinski definition) is 6. The molecule has 1 aliphatic rings. The zero-order valence-corrected chi connectivity index (χ0v) is 21.3. The first-order chi connectivity index (χ1) is 18.0. The number of rotatable bonds is 15. The van der Waals surface area contributed by atoms with Gasteiger partial charge in [0.2, 0.25) is 0 Å². The van der Waals surface area contributed by atoms with Crippen molar-refractivity contribution in [2.24, 2.45) is 0 Å². The number of carbonyl (C=O) groups is 8. The van der Waals surface area contributed by atoms with Crippen LogP contribution >= 0.6 is 0 Å². The van der Waals surface area contributed by atoms with Gasteiger partial charge in [-0.15, -0.1) is 0 Å². The Morgan fingerprint density at radius 1 is 0.614 bits per heavy atom. The van der Waals surface area contributed by atoms with Gasteiger partial charge in [-0.3, -0.25) is 33.5 Å². The summed E-state index contributed by atoms with van der Waals surface area (Å²) in [5, 5.41) is 54.0. The third-order valence-corrected chi connectivity index (χ3v) is 4.64. The van der Waals surface area contributed by atoms with Crippen LogP contribution in [0.2, 0.25) is 0 Å². The minimum absolute atomic E-state index is 0. The number of carboxylic acid groups (broad SMARTS) is 6. The topological polar surface area (TPSA) is 321 Å². The van der Waals surface area contributed by atoms with Gasteiger partial charge >= 0.3 is 160 Å². The molecule has 1 rings (SSSR count). The Kier molecular flexibility index (Phi) is 38.1. The second-order valence-corrected chi connectivity index (χ2v) is 8.18. The van der Waals surface area contributed by atoms with Crippen LogP contribution in [0.25, 0.3) is 0 Å². The van der Waals surface area contributed by atoms with E-state index in [0.717, 1.165) is 9.80 Å². The summed E-state index contributed by atoms with van der Waals surface area (Å²) in [6.07, 6.45) is 0. The quantitative estimate of drug-likeness (QED) is 0.0531. The molecule has 0 spiro atoms. The normalized spacial score (nSPS) is 13.2. The van der Waals surface area contributed by atoms with Gasteiger partial charge in [-0.2, -0.15) is 0 Å². The molecule has 0 atom stereocenters. The van der Waals surface area contributed by atoms with Crippen molar-refractivity contribution in [2.45, 2.75) is 0 Å². The fraction of sp³-hybridized carbons (Fsp3) is 0.600. The van der Waals surface area contributed by atoms with Crippen molar-refractivity contribution in [1.29, 1.82) is 0 Å². The van der Waals surface area contributed by atoms with E-state index in [9.17, 15) is 43.5 Å². The van der Waals surface area contributed by atoms with Crippen LogP contribution in [0, 0.1) is 0 Å². The van der Waals surface area contributed by atoms with E-state index in [1.165, 1.54) is 0 Å². The first-order valence-corrected chi connectivity index (χ1v) is 10.9. The molecule has 1 saturated heterocycles. The zero-order valence-electron chi connectivity index (χ0n) is 21.3. The molecule has 0 aliphatic carbocycles. The van der Waals surface area contributed by atoms with Crippen LogP contribution in [0.15, 0.2) is 0 Å². The Balaban J connectivity index is -0.000000147. The fourth-order valence-electron chi connectivity index (χ4n) is 3.32. The van der Waals surface area contributed by atoms with Crippen LogP contribution in [-0.4, -0.2) is 284 Å². The molecule has 1 fully saturated rings. The zero-order chi connectivity index (χ0) is 30.2. The second-order valence-electron chi connectivity index (χ2n) is 8.18. The number of aliphatic carboxylic acids is 6. The summed E-state index contributed by atoms with van der Waals surface area (Å²) in [4.78, 5) is 88.8. The van der Waals surface area contributed by atoms with Crippen LogP contribution in [0.5, 0.6) is 0 Å². The second kappa shape index (κ2) is 30.0. The molecular weight excluding hydrogens is 644 g/mol. The molecule has 44 heavy (non-hydrogen) atoms. The first-order valence-electron chi connectivity index (χ1n) is 10.9. The Morgan fingerprint density at radius 2 is 0.909 bits per heavy atom. The minimum atomic E-state index is -1.57. The van der Waals surface area contributed by atoms with Gasteiger partial charge in [0.05, 0.1) is 32.1 Å². The first kappa shape index (κ1) is 56.0. The van der Waals surface area contributed by atoms with Crippen LogP contribution in [0.1, 0.15) is 0 Å². The van der Waals surface area contributed by atoms with Crippen molar-refractivity contribution in [3.63, 3.8) is 0 Å². The number of quaternary nitrogens is 1. The fourth-order valence-corrected chi connectivity index (χ4v) is 3.32. The van der Waals surface area contributed by atoms with Crippen molar-refractivity contribution >= 4 is 166 Å². The Labute approximate surface area is 339 Å². The van der Waals surface area contributed by atoms with E-state index in [1.807, 2.05) is 0 Å². The Hall–Kier alpha value is -0.400. The van der Waals surface area contributed by atoms with Crippen molar-refractivity contribution < 1.29 is 83.0 Å². The summed E-state index contributed by atoms with van der Waals surface area (Å²) >= 11 is 0. The molecule has 20 nitrogen and oxygen atoms in total. The summed E-state index contributed by atoms with van der Waals surface area (Å²) in [6.45, 7) is -5.16. The van der Waals surface area contributed by atoms with Gasteiger partial charge in [0.15, 0.2) is 19.6 Å². The van der Waals surface area contributed by atoms with E-state index in [0.29, 0.717) is 0 Å². The monoisotopic (exact) mass is 680 g/mol. The van der Waals surface area contributed by atoms with Crippen LogP contribution in [-0.2, 0) is 47.8 Å². The summed E-state index contributed by atoms with van der Waals surface area (Å²) < 4.78 is 8.56. The molecule has 8 N–H and O–H groups in total. The van der Waals surface area contributed by atoms with Crippen molar-refractivity contribution in [1.82, 2.24) is 16.0 Å². The summed E-state index contributed by atoms with van der Waals surface area (Å²) in [5.41, 5.74) is 0. The third-order valence-electron chi connectivity index (χ3n) is 4.64. The van der Waals surface area contributed by atoms with E-state index in [-0.39, 0.29) is 151 Å². The standard InChI is InChI=1S/C10H16N2O8.C10H13NO8.H3N.4Na.4H/c13-7(14)3-11(4-8(15)16)1-2-12(5-9(17)18)6-10(19)20;12-7(13)3-11(4-8(14)15)5-9(16)18-1-2-19-10(17)6-11;;;;;;;;;/h1-6H2,(H,13,14)(H,15,16)(H,17,18)(H,19,20);1-6H2,(H-,12,13,14,15);1H3;;;;;;;;. The average Bonchev–Trinajstić information content (AvgIpc) is 2.78. The molecule has 0 aromatic rings. The van der Waals surface area contributed by atoms with E-state index < -0.39 is 105 Å². The molecule has 0 radical (unpaired) electrons. The number of carbonyl (C=O) groups excluding carboxylic acids is 3. The molecule has 0 aromatic heterocycles. The van der Waals surface area contributed by atoms with E-state index in [4.69, 9.17) is 35.0 Å². The summed E-state index contributed by atoms with van der Waals surface area (Å²) in [7, 11) is 0. The predicted octanol–water partition coefficient (Wildman–Crippen LogP) is -7.77. The van der Waals surface area contributed by atoms with E-state index in [1.54, 1.807) is 0 Å². The molecule has 1 heterocycles. The predicted molar refractivity (Wildman–Crippen MR) is 151 cm³/mol. The van der Waals surface area contributed by atoms with Gasteiger partial charge in [0.1, 0.15) is 19.8 Å². The molecular formula is C20H36N4Na4O16. The summed E-state index contributed by atoms with van der Waals surface area (Å²) in [6, 6.07) is 0. The van der Waals surface area contributed by atoms with Gasteiger partial charge in [-0.25, -0.2) is 14.4 Å². The number of nitrogens with zero attached hydrogens (tertiary/aromatic N) is 3. The van der Waals surface area contributed by atoms with Crippen molar-refractivity contribution in [3.8, 4) is 0 Å². The average molecular weight is 680 g/mol. The van der Waals surface area contributed by atoms with Gasteiger partial charge in [0.25, 0.3) is 0 Å². The van der Waals surface area contributed by atoms with Gasteiger partial charge < -0.3 is 51.1 Å². The maximum absolute atomic E-state index is 11.5. The molecule has 0 saturated carbocycles. The Bertz CT molecular complexity index is 853. The summed E-state index contributed by atoms with van der Waals surface area (Å²) in [5.74, 6) is -9.41. The molecule has 1 aliphatic heterocycles. The maximum atomic E-state index is 11.5. The number of esters is 2. The molecule has 0 aromatic carbocycles. The van der Waals surface area contributed by atoms with Crippen LogP contribution in [0.3, 0.4) is 0 Å². The third kappa shape index (κ3) is 30.3. The molecule has 0 bridgehead atoms. The molecule has 0 unspecified atom stereocenters.